The van der Waals surface area contributed by atoms with Crippen LogP contribution in [-0.4, -0.2) is 33.0 Å². The van der Waals surface area contributed by atoms with Crippen molar-refractivity contribution in [2.45, 2.75) is 30.0 Å². The van der Waals surface area contributed by atoms with Crippen molar-refractivity contribution in [1.29, 1.82) is 0 Å². The van der Waals surface area contributed by atoms with E-state index in [1.165, 1.54) is 0 Å². The Kier molecular flexibility index (Phi) is 5.85. The van der Waals surface area contributed by atoms with Gasteiger partial charge < -0.3 is 5.32 Å². The van der Waals surface area contributed by atoms with Gasteiger partial charge in [0.25, 0.3) is 0 Å². The average Bonchev–Trinajstić information content (AvgIpc) is 2.38. The van der Waals surface area contributed by atoms with Crippen LogP contribution in [0.25, 0.3) is 0 Å². The fraction of sp³-hybridized carbons (Fsp3) is 0.538. The fourth-order valence-corrected chi connectivity index (χ4v) is 3.28. The first-order valence-corrected chi connectivity index (χ1v) is 8.80. The molecule has 4 nitrogen and oxygen atoms in total. The van der Waals surface area contributed by atoms with Gasteiger partial charge in [-0.1, -0.05) is 18.2 Å². The lowest BCUT2D eigenvalue weighted by molar-refractivity contribution is 0.569. The van der Waals surface area contributed by atoms with Gasteiger partial charge >= 0.3 is 0 Å². The Morgan fingerprint density at radius 1 is 1.26 bits per heavy atom. The van der Waals surface area contributed by atoms with Crippen molar-refractivity contribution in [2.75, 3.05) is 19.8 Å². The van der Waals surface area contributed by atoms with Crippen molar-refractivity contribution >= 4 is 21.8 Å². The summed E-state index contributed by atoms with van der Waals surface area (Å²) >= 11 is 1.64. The number of hydrogen-bond acceptors (Lipinski definition) is 4. The van der Waals surface area contributed by atoms with E-state index in [2.05, 4.69) is 10.0 Å². The van der Waals surface area contributed by atoms with E-state index in [9.17, 15) is 8.42 Å². The smallest absolute Gasteiger partial charge is 0.240 e. The summed E-state index contributed by atoms with van der Waals surface area (Å²) in [6.07, 6.45) is 1.98. The minimum atomic E-state index is -3.46. The molecule has 0 bridgehead atoms. The molecule has 0 fully saturated rings. The summed E-state index contributed by atoms with van der Waals surface area (Å²) in [5.41, 5.74) is 0.777. The van der Waals surface area contributed by atoms with Crippen LogP contribution in [0, 0.1) is 0 Å². The summed E-state index contributed by atoms with van der Waals surface area (Å²) in [6.45, 7) is 4.97. The van der Waals surface area contributed by atoms with Crippen LogP contribution in [0.4, 0.5) is 0 Å². The predicted octanol–water partition coefficient (Wildman–Crippen LogP) is 1.83. The SMILES string of the molecule is CNCc1ccccc1S(=O)(=O)NCC(C)(C)SC. The van der Waals surface area contributed by atoms with Crippen molar-refractivity contribution in [3.05, 3.63) is 29.8 Å². The molecule has 0 heterocycles. The molecule has 0 saturated carbocycles. The fourth-order valence-electron chi connectivity index (χ4n) is 1.52. The highest BCUT2D eigenvalue weighted by Crippen LogP contribution is 2.21. The van der Waals surface area contributed by atoms with Gasteiger partial charge in [0.1, 0.15) is 0 Å². The second kappa shape index (κ2) is 6.74. The molecule has 108 valence electrons. The predicted molar refractivity (Wildman–Crippen MR) is 82.0 cm³/mol. The summed E-state index contributed by atoms with van der Waals surface area (Å²) < 4.78 is 27.3. The molecule has 0 aliphatic heterocycles. The Labute approximate surface area is 120 Å². The first kappa shape index (κ1) is 16.5. The molecule has 6 heteroatoms. The number of rotatable bonds is 7. The van der Waals surface area contributed by atoms with Crippen LogP contribution in [0.3, 0.4) is 0 Å². The lowest BCUT2D eigenvalue weighted by Crippen LogP contribution is -2.36. The molecule has 0 atom stereocenters. The third-order valence-electron chi connectivity index (χ3n) is 2.87. The monoisotopic (exact) mass is 302 g/mol. The highest BCUT2D eigenvalue weighted by Gasteiger charge is 2.22. The minimum Gasteiger partial charge on any atom is -0.316 e. The Balaban J connectivity index is 2.95. The number of thioether (sulfide) groups is 1. The van der Waals surface area contributed by atoms with E-state index in [0.717, 1.165) is 5.56 Å². The maximum atomic E-state index is 12.3. The molecule has 1 aromatic carbocycles. The van der Waals surface area contributed by atoms with Crippen LogP contribution in [0.15, 0.2) is 29.2 Å². The molecule has 0 aliphatic carbocycles. The van der Waals surface area contributed by atoms with Crippen LogP contribution >= 0.6 is 11.8 Å². The van der Waals surface area contributed by atoms with Crippen molar-refractivity contribution in [3.63, 3.8) is 0 Å². The van der Waals surface area contributed by atoms with Crippen LogP contribution in [0.2, 0.25) is 0 Å². The van der Waals surface area contributed by atoms with Crippen molar-refractivity contribution in [1.82, 2.24) is 10.0 Å². The van der Waals surface area contributed by atoms with Crippen LogP contribution in [0.5, 0.6) is 0 Å². The zero-order valence-corrected chi connectivity index (χ0v) is 13.5. The van der Waals surface area contributed by atoms with Gasteiger partial charge in [0.2, 0.25) is 10.0 Å². The molecule has 1 aromatic rings. The summed E-state index contributed by atoms with van der Waals surface area (Å²) in [5, 5.41) is 2.98. The quantitative estimate of drug-likeness (QED) is 0.807. The first-order chi connectivity index (χ1) is 8.82. The van der Waals surface area contributed by atoms with E-state index >= 15 is 0 Å². The molecular weight excluding hydrogens is 280 g/mol. The van der Waals surface area contributed by atoms with E-state index in [1.54, 1.807) is 30.9 Å². The zero-order valence-electron chi connectivity index (χ0n) is 11.9. The number of nitrogens with one attached hydrogen (secondary N) is 2. The molecule has 0 spiro atoms. The normalized spacial score (nSPS) is 12.6. The molecule has 0 unspecified atom stereocenters. The first-order valence-electron chi connectivity index (χ1n) is 6.10. The molecule has 1 rings (SSSR count). The molecule has 0 amide bonds. The topological polar surface area (TPSA) is 58.2 Å². The molecule has 0 aromatic heterocycles. The molecular formula is C13H22N2O2S2. The third kappa shape index (κ3) is 4.80. The zero-order chi connectivity index (χ0) is 14.5. The van der Waals surface area contributed by atoms with Gasteiger partial charge in [0, 0.05) is 17.8 Å². The Morgan fingerprint density at radius 3 is 2.47 bits per heavy atom. The Bertz CT molecular complexity index is 513. The van der Waals surface area contributed by atoms with Crippen molar-refractivity contribution < 1.29 is 8.42 Å². The Morgan fingerprint density at radius 2 is 1.89 bits per heavy atom. The molecule has 19 heavy (non-hydrogen) atoms. The molecule has 0 radical (unpaired) electrons. The van der Waals surface area contributed by atoms with Gasteiger partial charge in [-0.2, -0.15) is 11.8 Å². The maximum Gasteiger partial charge on any atom is 0.240 e. The third-order valence-corrected chi connectivity index (χ3v) is 5.62. The van der Waals surface area contributed by atoms with E-state index in [1.807, 2.05) is 32.2 Å². The molecule has 0 saturated heterocycles. The van der Waals surface area contributed by atoms with Crippen LogP contribution in [0.1, 0.15) is 19.4 Å². The van der Waals surface area contributed by atoms with Gasteiger partial charge in [0.05, 0.1) is 4.90 Å². The van der Waals surface area contributed by atoms with Gasteiger partial charge in [-0.15, -0.1) is 0 Å². The highest BCUT2D eigenvalue weighted by molar-refractivity contribution is 8.00. The lowest BCUT2D eigenvalue weighted by atomic mass is 10.2. The summed E-state index contributed by atoms with van der Waals surface area (Å²) in [6, 6.07) is 7.05. The van der Waals surface area contributed by atoms with Gasteiger partial charge in [-0.3, -0.25) is 0 Å². The van der Waals surface area contributed by atoms with Crippen LogP contribution in [-0.2, 0) is 16.6 Å². The van der Waals surface area contributed by atoms with Gasteiger partial charge in [-0.25, -0.2) is 13.1 Å². The van der Waals surface area contributed by atoms with E-state index < -0.39 is 10.0 Å². The Hall–Kier alpha value is -0.560. The summed E-state index contributed by atoms with van der Waals surface area (Å²) in [7, 11) is -1.66. The second-order valence-corrected chi connectivity index (χ2v) is 8.18. The second-order valence-electron chi connectivity index (χ2n) is 4.93. The largest absolute Gasteiger partial charge is 0.316 e. The maximum absolute atomic E-state index is 12.3. The number of sulfonamides is 1. The molecule has 0 aliphatic rings. The van der Waals surface area contributed by atoms with E-state index in [0.29, 0.717) is 18.0 Å². The number of benzene rings is 1. The van der Waals surface area contributed by atoms with Gasteiger partial charge in [-0.05, 0) is 38.8 Å². The van der Waals surface area contributed by atoms with Crippen molar-refractivity contribution in [2.24, 2.45) is 0 Å². The molecule has 2 N–H and O–H groups in total. The summed E-state index contributed by atoms with van der Waals surface area (Å²) in [4.78, 5) is 0.348. The van der Waals surface area contributed by atoms with Crippen LogP contribution < -0.4 is 10.0 Å². The van der Waals surface area contributed by atoms with E-state index in [4.69, 9.17) is 0 Å². The average molecular weight is 302 g/mol. The lowest BCUT2D eigenvalue weighted by Gasteiger charge is -2.22. The van der Waals surface area contributed by atoms with Crippen molar-refractivity contribution in [3.8, 4) is 0 Å². The summed E-state index contributed by atoms with van der Waals surface area (Å²) in [5.74, 6) is 0. The highest BCUT2D eigenvalue weighted by atomic mass is 32.2. The standard InChI is InChI=1S/C13H22N2O2S2/c1-13(2,18-4)10-15-19(16,17)12-8-6-5-7-11(12)9-14-3/h5-8,14-15H,9-10H2,1-4H3. The minimum absolute atomic E-state index is 0.120. The van der Waals surface area contributed by atoms with Gasteiger partial charge in [0.15, 0.2) is 0 Å². The van der Waals surface area contributed by atoms with E-state index in [-0.39, 0.29) is 4.75 Å². The number of hydrogen-bond donors (Lipinski definition) is 2.